The summed E-state index contributed by atoms with van der Waals surface area (Å²) < 4.78 is 13.1. The molecule has 170 valence electrons. The fraction of sp³-hybridized carbons (Fsp3) is 0.269. The van der Waals surface area contributed by atoms with Crippen molar-refractivity contribution in [2.45, 2.75) is 47.8 Å². The van der Waals surface area contributed by atoms with E-state index in [-0.39, 0.29) is 18.2 Å². The number of nitrogens with zero attached hydrogens (tertiary/aromatic N) is 3. The highest BCUT2D eigenvalue weighted by atomic mass is 16.5. The van der Waals surface area contributed by atoms with Crippen molar-refractivity contribution in [2.75, 3.05) is 5.32 Å². The number of rotatable bonds is 7. The lowest BCUT2D eigenvalue weighted by molar-refractivity contribution is 0.101. The number of benzene rings is 2. The monoisotopic (exact) mass is 444 g/mol. The molecule has 33 heavy (non-hydrogen) atoms. The SMILES string of the molecule is Cc1cccc(OCc2c(C(=O)Nc3c(C)nn(Cc4ccccc4C)c3C)noc2C)c1. The van der Waals surface area contributed by atoms with Crippen LogP contribution in [0.25, 0.3) is 0 Å². The van der Waals surface area contributed by atoms with Gasteiger partial charge < -0.3 is 14.6 Å². The Bertz CT molecular complexity index is 1300. The van der Waals surface area contributed by atoms with Crippen molar-refractivity contribution in [3.05, 3.63) is 93.6 Å². The normalized spacial score (nSPS) is 10.9. The molecule has 0 saturated heterocycles. The summed E-state index contributed by atoms with van der Waals surface area (Å²) in [4.78, 5) is 13.1. The Hall–Kier alpha value is -3.87. The minimum Gasteiger partial charge on any atom is -0.489 e. The zero-order chi connectivity index (χ0) is 23.5. The van der Waals surface area contributed by atoms with E-state index < -0.39 is 0 Å². The van der Waals surface area contributed by atoms with Gasteiger partial charge in [0.2, 0.25) is 0 Å². The summed E-state index contributed by atoms with van der Waals surface area (Å²) in [5.74, 6) is 0.930. The van der Waals surface area contributed by atoms with E-state index in [0.717, 1.165) is 22.7 Å². The van der Waals surface area contributed by atoms with Crippen LogP contribution in [0.1, 0.15) is 49.9 Å². The van der Waals surface area contributed by atoms with E-state index in [4.69, 9.17) is 9.26 Å². The van der Waals surface area contributed by atoms with Crippen LogP contribution in [-0.2, 0) is 13.2 Å². The Kier molecular flexibility index (Phi) is 6.31. The van der Waals surface area contributed by atoms with Crippen molar-refractivity contribution >= 4 is 11.6 Å². The van der Waals surface area contributed by atoms with Crippen LogP contribution in [-0.4, -0.2) is 20.8 Å². The smallest absolute Gasteiger partial charge is 0.278 e. The quantitative estimate of drug-likeness (QED) is 0.419. The van der Waals surface area contributed by atoms with Gasteiger partial charge in [0.15, 0.2) is 5.69 Å². The van der Waals surface area contributed by atoms with Crippen LogP contribution in [0.3, 0.4) is 0 Å². The van der Waals surface area contributed by atoms with Gasteiger partial charge in [-0.15, -0.1) is 0 Å². The Morgan fingerprint density at radius 3 is 2.61 bits per heavy atom. The predicted molar refractivity (Wildman–Crippen MR) is 127 cm³/mol. The second-order valence-electron chi connectivity index (χ2n) is 8.26. The van der Waals surface area contributed by atoms with Crippen molar-refractivity contribution < 1.29 is 14.1 Å². The van der Waals surface area contributed by atoms with Crippen molar-refractivity contribution in [2.24, 2.45) is 0 Å². The van der Waals surface area contributed by atoms with E-state index in [1.807, 2.05) is 61.9 Å². The summed E-state index contributed by atoms with van der Waals surface area (Å²) in [7, 11) is 0. The van der Waals surface area contributed by atoms with Crippen LogP contribution < -0.4 is 10.1 Å². The summed E-state index contributed by atoms with van der Waals surface area (Å²) in [6.45, 7) is 10.5. The number of carbonyl (C=O) groups excluding carboxylic acids is 1. The highest BCUT2D eigenvalue weighted by Gasteiger charge is 2.23. The minimum absolute atomic E-state index is 0.187. The maximum atomic E-state index is 13.1. The van der Waals surface area contributed by atoms with Gasteiger partial charge in [-0.3, -0.25) is 9.48 Å². The van der Waals surface area contributed by atoms with E-state index in [2.05, 4.69) is 34.6 Å². The zero-order valence-electron chi connectivity index (χ0n) is 19.6. The summed E-state index contributed by atoms with van der Waals surface area (Å²) in [5.41, 5.74) is 6.62. The van der Waals surface area contributed by atoms with Crippen LogP contribution >= 0.6 is 0 Å². The Morgan fingerprint density at radius 2 is 1.85 bits per heavy atom. The van der Waals surface area contributed by atoms with E-state index in [9.17, 15) is 4.79 Å². The first-order chi connectivity index (χ1) is 15.8. The van der Waals surface area contributed by atoms with Gasteiger partial charge in [0.05, 0.1) is 29.2 Å². The van der Waals surface area contributed by atoms with Gasteiger partial charge in [0.25, 0.3) is 5.91 Å². The molecule has 0 unspecified atom stereocenters. The van der Waals surface area contributed by atoms with Gasteiger partial charge in [0, 0.05) is 0 Å². The van der Waals surface area contributed by atoms with Crippen molar-refractivity contribution in [3.63, 3.8) is 0 Å². The van der Waals surface area contributed by atoms with Crippen molar-refractivity contribution in [1.82, 2.24) is 14.9 Å². The summed E-state index contributed by atoms with van der Waals surface area (Å²) in [5, 5.41) is 11.6. The molecule has 0 aliphatic heterocycles. The van der Waals surface area contributed by atoms with E-state index in [1.54, 1.807) is 6.92 Å². The molecule has 0 fully saturated rings. The van der Waals surface area contributed by atoms with Crippen LogP contribution in [0.4, 0.5) is 5.69 Å². The first kappa shape index (κ1) is 22.3. The number of anilines is 1. The average molecular weight is 445 g/mol. The second-order valence-corrected chi connectivity index (χ2v) is 8.26. The predicted octanol–water partition coefficient (Wildman–Crippen LogP) is 5.29. The van der Waals surface area contributed by atoms with Gasteiger partial charge in [-0.2, -0.15) is 5.10 Å². The van der Waals surface area contributed by atoms with Crippen molar-refractivity contribution in [3.8, 4) is 5.75 Å². The molecule has 0 atom stereocenters. The third-order valence-electron chi connectivity index (χ3n) is 5.77. The lowest BCUT2D eigenvalue weighted by atomic mass is 10.1. The largest absolute Gasteiger partial charge is 0.489 e. The molecule has 2 aromatic carbocycles. The highest BCUT2D eigenvalue weighted by molar-refractivity contribution is 6.04. The average Bonchev–Trinajstić information content (AvgIpc) is 3.28. The maximum Gasteiger partial charge on any atom is 0.278 e. The molecule has 1 N–H and O–H groups in total. The lowest BCUT2D eigenvalue weighted by Gasteiger charge is -2.09. The topological polar surface area (TPSA) is 82.2 Å². The van der Waals surface area contributed by atoms with Gasteiger partial charge >= 0.3 is 0 Å². The molecular formula is C26H28N4O3. The third kappa shape index (κ3) is 4.82. The number of hydrogen-bond donors (Lipinski definition) is 1. The molecule has 0 aliphatic rings. The van der Waals surface area contributed by atoms with Crippen LogP contribution in [0.2, 0.25) is 0 Å². The highest BCUT2D eigenvalue weighted by Crippen LogP contribution is 2.24. The van der Waals surface area contributed by atoms with Gasteiger partial charge in [-0.05, 0) is 63.4 Å². The fourth-order valence-corrected chi connectivity index (χ4v) is 3.75. The standard InChI is InChI=1S/C26H28N4O3/c1-16-9-8-12-22(13-16)32-15-23-20(5)33-29-25(23)26(31)27-24-18(3)28-30(19(24)4)14-21-11-7-6-10-17(21)2/h6-13H,14-15H2,1-5H3,(H,27,31). The van der Waals surface area contributed by atoms with Crippen LogP contribution in [0.5, 0.6) is 5.75 Å². The lowest BCUT2D eigenvalue weighted by Crippen LogP contribution is -2.16. The molecule has 7 heteroatoms. The number of nitrogens with one attached hydrogen (secondary N) is 1. The molecule has 0 spiro atoms. The summed E-state index contributed by atoms with van der Waals surface area (Å²) in [6.07, 6.45) is 0. The van der Waals surface area contributed by atoms with Crippen molar-refractivity contribution in [1.29, 1.82) is 0 Å². The molecule has 2 aromatic heterocycles. The molecular weight excluding hydrogens is 416 g/mol. The van der Waals surface area contributed by atoms with Crippen LogP contribution in [0, 0.1) is 34.6 Å². The fourth-order valence-electron chi connectivity index (χ4n) is 3.75. The maximum absolute atomic E-state index is 13.1. The molecule has 7 nitrogen and oxygen atoms in total. The minimum atomic E-state index is -0.351. The molecule has 4 aromatic rings. The molecule has 0 bridgehead atoms. The van der Waals surface area contributed by atoms with Gasteiger partial charge in [0.1, 0.15) is 18.1 Å². The molecule has 1 amide bonds. The Balaban J connectivity index is 1.52. The van der Waals surface area contributed by atoms with E-state index >= 15 is 0 Å². The number of hydrogen-bond acceptors (Lipinski definition) is 5. The van der Waals surface area contributed by atoms with E-state index in [0.29, 0.717) is 23.6 Å². The first-order valence-electron chi connectivity index (χ1n) is 10.9. The van der Waals surface area contributed by atoms with Gasteiger partial charge in [-0.1, -0.05) is 41.6 Å². The second kappa shape index (κ2) is 9.32. The Labute approximate surface area is 193 Å². The molecule has 0 radical (unpaired) electrons. The number of carbonyl (C=O) groups is 1. The van der Waals surface area contributed by atoms with Gasteiger partial charge in [-0.25, -0.2) is 0 Å². The summed E-state index contributed by atoms with van der Waals surface area (Å²) >= 11 is 0. The Morgan fingerprint density at radius 1 is 1.06 bits per heavy atom. The third-order valence-corrected chi connectivity index (χ3v) is 5.77. The van der Waals surface area contributed by atoms with E-state index in [1.165, 1.54) is 11.1 Å². The molecule has 0 aliphatic carbocycles. The number of ether oxygens (including phenoxy) is 1. The van der Waals surface area contributed by atoms with Crippen LogP contribution in [0.15, 0.2) is 53.1 Å². The molecule has 4 rings (SSSR count). The molecule has 0 saturated carbocycles. The number of amides is 1. The first-order valence-corrected chi connectivity index (χ1v) is 10.9. The zero-order valence-corrected chi connectivity index (χ0v) is 19.6. The molecule has 2 heterocycles. The number of aromatic nitrogens is 3. The number of aryl methyl sites for hydroxylation is 4. The summed E-state index contributed by atoms with van der Waals surface area (Å²) in [6, 6.07) is 16.0.